The molecule has 4 saturated carbocycles. The van der Waals surface area contributed by atoms with Crippen LogP contribution in [-0.4, -0.2) is 35.9 Å². The summed E-state index contributed by atoms with van der Waals surface area (Å²) in [5.74, 6) is 2.10. The molecular formula is C21H34N2O3. The van der Waals surface area contributed by atoms with Gasteiger partial charge < -0.3 is 15.7 Å². The Morgan fingerprint density at radius 2 is 1.92 bits per heavy atom. The Morgan fingerprint density at radius 3 is 2.69 bits per heavy atom. The van der Waals surface area contributed by atoms with Crippen LogP contribution in [0.25, 0.3) is 0 Å². The van der Waals surface area contributed by atoms with E-state index in [4.69, 9.17) is 10.6 Å². The van der Waals surface area contributed by atoms with Crippen molar-refractivity contribution in [3.8, 4) is 0 Å². The van der Waals surface area contributed by atoms with E-state index in [0.29, 0.717) is 43.1 Å². The summed E-state index contributed by atoms with van der Waals surface area (Å²) in [4.78, 5) is 18.4. The fourth-order valence-corrected chi connectivity index (χ4v) is 7.09. The molecule has 0 aromatic carbocycles. The van der Waals surface area contributed by atoms with Gasteiger partial charge in [0.15, 0.2) is 0 Å². The van der Waals surface area contributed by atoms with E-state index in [9.17, 15) is 9.90 Å². The smallest absolute Gasteiger partial charge is 0.137 e. The maximum absolute atomic E-state index is 13.2. The van der Waals surface area contributed by atoms with Crippen molar-refractivity contribution in [3.05, 3.63) is 0 Å². The summed E-state index contributed by atoms with van der Waals surface area (Å²) >= 11 is 0. The van der Waals surface area contributed by atoms with Gasteiger partial charge in [-0.2, -0.15) is 0 Å². The van der Waals surface area contributed by atoms with Crippen LogP contribution >= 0.6 is 0 Å². The molecule has 3 N–H and O–H groups in total. The van der Waals surface area contributed by atoms with E-state index in [-0.39, 0.29) is 22.9 Å². The van der Waals surface area contributed by atoms with Crippen molar-refractivity contribution in [2.24, 2.45) is 45.4 Å². The number of Topliss-reactive ketones (excluding diaryl/α,β-unsaturated/α-hetero) is 1. The van der Waals surface area contributed by atoms with Gasteiger partial charge in [-0.3, -0.25) is 4.79 Å². The van der Waals surface area contributed by atoms with Gasteiger partial charge in [-0.1, -0.05) is 19.0 Å². The summed E-state index contributed by atoms with van der Waals surface area (Å²) in [6, 6.07) is 0. The molecule has 0 aromatic rings. The van der Waals surface area contributed by atoms with Gasteiger partial charge in [-0.25, -0.2) is 0 Å². The lowest BCUT2D eigenvalue weighted by molar-refractivity contribution is -0.152. The van der Waals surface area contributed by atoms with E-state index < -0.39 is 0 Å². The number of nitrogens with two attached hydrogens (primary N) is 1. The van der Waals surface area contributed by atoms with Gasteiger partial charge in [0.1, 0.15) is 12.4 Å². The highest BCUT2D eigenvalue weighted by atomic mass is 16.6. The van der Waals surface area contributed by atoms with Crippen molar-refractivity contribution in [1.29, 1.82) is 0 Å². The van der Waals surface area contributed by atoms with E-state index >= 15 is 0 Å². The van der Waals surface area contributed by atoms with Crippen LogP contribution in [0.3, 0.4) is 0 Å². The number of carbonyl (C=O) groups excluding carboxylic acids is 1. The predicted octanol–water partition coefficient (Wildman–Crippen LogP) is 2.90. The molecule has 0 aromatic heterocycles. The maximum Gasteiger partial charge on any atom is 0.137 e. The van der Waals surface area contributed by atoms with Crippen LogP contribution in [0.2, 0.25) is 0 Å². The van der Waals surface area contributed by atoms with Gasteiger partial charge in [-0.05, 0) is 73.5 Å². The zero-order chi connectivity index (χ0) is 18.5. The lowest BCUT2D eigenvalue weighted by Gasteiger charge is -2.59. The molecule has 4 rings (SSSR count). The number of rotatable bonds is 3. The number of aliphatic hydroxyl groups excluding tert-OH is 1. The average Bonchev–Trinajstić information content (AvgIpc) is 2.92. The molecule has 26 heavy (non-hydrogen) atoms. The summed E-state index contributed by atoms with van der Waals surface area (Å²) in [6.45, 7) is 5.53. The monoisotopic (exact) mass is 362 g/mol. The second-order valence-electron chi connectivity index (χ2n) is 9.73. The molecular weight excluding hydrogens is 328 g/mol. The molecule has 4 aliphatic rings. The molecule has 0 unspecified atom stereocenters. The highest BCUT2D eigenvalue weighted by Crippen LogP contribution is 2.65. The number of oxime groups is 1. The summed E-state index contributed by atoms with van der Waals surface area (Å²) in [5.41, 5.74) is 6.61. The fourth-order valence-electron chi connectivity index (χ4n) is 7.09. The average molecular weight is 363 g/mol. The van der Waals surface area contributed by atoms with Crippen LogP contribution < -0.4 is 5.73 Å². The van der Waals surface area contributed by atoms with Gasteiger partial charge in [0.05, 0.1) is 11.8 Å². The number of aliphatic hydroxyl groups is 1. The van der Waals surface area contributed by atoms with Crippen LogP contribution in [0.15, 0.2) is 5.16 Å². The standard InChI is InChI=1S/C21H34N2O3/c1-20-7-5-13(23-26-10-9-22)11-17(20)18(24)12-14-15-3-4-19(25)21(15,2)8-6-16(14)20/h14-17,19,25H,3-12,22H2,1-2H3/b23-13+/t14-,15-,16-,17+,19-,20+,21-/m0/s1. The number of carbonyl (C=O) groups is 1. The molecule has 4 aliphatic carbocycles. The van der Waals surface area contributed by atoms with Crippen molar-refractivity contribution in [3.63, 3.8) is 0 Å². The maximum atomic E-state index is 13.2. The Labute approximate surface area is 156 Å². The minimum atomic E-state index is -0.182. The van der Waals surface area contributed by atoms with Crippen molar-refractivity contribution in [1.82, 2.24) is 0 Å². The second kappa shape index (κ2) is 6.59. The number of ketones is 1. The quantitative estimate of drug-likeness (QED) is 0.597. The summed E-state index contributed by atoms with van der Waals surface area (Å²) < 4.78 is 0. The Kier molecular flexibility index (Phi) is 4.67. The summed E-state index contributed by atoms with van der Waals surface area (Å²) in [5, 5.41) is 14.8. The van der Waals surface area contributed by atoms with Gasteiger partial charge in [0.25, 0.3) is 0 Å². The highest BCUT2D eigenvalue weighted by molar-refractivity contribution is 5.93. The van der Waals surface area contributed by atoms with Crippen molar-refractivity contribution in [2.75, 3.05) is 13.2 Å². The normalized spacial score (nSPS) is 49.5. The van der Waals surface area contributed by atoms with Crippen LogP contribution in [0, 0.1) is 34.5 Å². The predicted molar refractivity (Wildman–Crippen MR) is 101 cm³/mol. The Morgan fingerprint density at radius 1 is 1.15 bits per heavy atom. The molecule has 0 amide bonds. The molecule has 146 valence electrons. The zero-order valence-corrected chi connectivity index (χ0v) is 16.2. The number of fused-ring (bicyclic) bond motifs is 5. The lowest BCUT2D eigenvalue weighted by atomic mass is 9.45. The van der Waals surface area contributed by atoms with E-state index in [1.54, 1.807) is 0 Å². The first-order valence-electron chi connectivity index (χ1n) is 10.5. The third kappa shape index (κ3) is 2.65. The van der Waals surface area contributed by atoms with Crippen LogP contribution in [0.5, 0.6) is 0 Å². The molecule has 0 saturated heterocycles. The summed E-state index contributed by atoms with van der Waals surface area (Å²) in [7, 11) is 0. The van der Waals surface area contributed by atoms with Gasteiger partial charge >= 0.3 is 0 Å². The molecule has 7 atom stereocenters. The second-order valence-corrected chi connectivity index (χ2v) is 9.73. The van der Waals surface area contributed by atoms with Crippen molar-refractivity contribution >= 4 is 11.5 Å². The largest absolute Gasteiger partial charge is 0.395 e. The lowest BCUT2D eigenvalue weighted by Crippen LogP contribution is -2.57. The first-order valence-corrected chi connectivity index (χ1v) is 10.5. The molecule has 0 spiro atoms. The highest BCUT2D eigenvalue weighted by Gasteiger charge is 2.61. The molecule has 0 heterocycles. The Balaban J connectivity index is 1.56. The molecule has 0 bridgehead atoms. The minimum Gasteiger partial charge on any atom is -0.395 e. The fraction of sp³-hybridized carbons (Fsp3) is 0.905. The topological polar surface area (TPSA) is 84.9 Å². The van der Waals surface area contributed by atoms with E-state index in [1.807, 2.05) is 0 Å². The van der Waals surface area contributed by atoms with Crippen LogP contribution in [0.1, 0.15) is 65.2 Å². The Bertz CT molecular complexity index is 606. The van der Waals surface area contributed by atoms with Gasteiger partial charge in [0, 0.05) is 18.9 Å². The Hall–Kier alpha value is -0.940. The van der Waals surface area contributed by atoms with Crippen molar-refractivity contribution in [2.45, 2.75) is 71.3 Å². The third-order valence-corrected chi connectivity index (χ3v) is 8.65. The van der Waals surface area contributed by atoms with E-state index in [2.05, 4.69) is 19.0 Å². The molecule has 0 radical (unpaired) electrons. The van der Waals surface area contributed by atoms with E-state index in [1.165, 1.54) is 0 Å². The van der Waals surface area contributed by atoms with Crippen LogP contribution in [-0.2, 0) is 9.63 Å². The zero-order valence-electron chi connectivity index (χ0n) is 16.2. The molecule has 4 fully saturated rings. The summed E-state index contributed by atoms with van der Waals surface area (Å²) in [6.07, 6.45) is 7.50. The van der Waals surface area contributed by atoms with Gasteiger partial charge in [0.2, 0.25) is 0 Å². The van der Waals surface area contributed by atoms with E-state index in [0.717, 1.165) is 50.7 Å². The number of hydrogen-bond acceptors (Lipinski definition) is 5. The first kappa shape index (κ1) is 18.4. The third-order valence-electron chi connectivity index (χ3n) is 8.65. The van der Waals surface area contributed by atoms with Crippen LogP contribution in [0.4, 0.5) is 0 Å². The molecule has 5 nitrogen and oxygen atoms in total. The molecule has 0 aliphatic heterocycles. The van der Waals surface area contributed by atoms with Crippen molar-refractivity contribution < 1.29 is 14.7 Å². The van der Waals surface area contributed by atoms with Gasteiger partial charge in [-0.15, -0.1) is 0 Å². The number of hydrogen-bond donors (Lipinski definition) is 2. The first-order chi connectivity index (χ1) is 12.4. The number of nitrogens with zero attached hydrogens (tertiary/aromatic N) is 1. The minimum absolute atomic E-state index is 0.0298. The molecule has 5 heteroatoms. The SMILES string of the molecule is C[C@]12CC/C(=N\OCCN)C[C@@H]1C(=O)C[C@@H]1[C@@H]2CC[C@]2(C)[C@@H](O)CC[C@@H]12.